The maximum atomic E-state index is 13.0. The molecule has 0 bridgehead atoms. The van der Waals surface area contributed by atoms with Crippen molar-refractivity contribution in [2.75, 3.05) is 0 Å². The summed E-state index contributed by atoms with van der Waals surface area (Å²) < 4.78 is 0. The Morgan fingerprint density at radius 2 is 1.85 bits per heavy atom. The first-order chi connectivity index (χ1) is 12.5. The fourth-order valence-electron chi connectivity index (χ4n) is 7.22. The van der Waals surface area contributed by atoms with Crippen LogP contribution in [0.1, 0.15) is 73.1 Å². The lowest BCUT2D eigenvalue weighted by molar-refractivity contribution is -0.135. The molecule has 4 heteroatoms. The van der Waals surface area contributed by atoms with Crippen LogP contribution in [0.2, 0.25) is 0 Å². The Bertz CT molecular complexity index is 678. The lowest BCUT2D eigenvalue weighted by atomic mass is 9.48. The van der Waals surface area contributed by atoms with Crippen LogP contribution in [0.4, 0.5) is 0 Å². The largest absolute Gasteiger partial charge is 0.351 e. The molecular weight excluding hydrogens is 336 g/mol. The molecule has 7 atom stereocenters. The van der Waals surface area contributed by atoms with Gasteiger partial charge in [-0.25, -0.2) is 0 Å². The zero-order valence-corrected chi connectivity index (χ0v) is 17.6. The highest BCUT2D eigenvalue weighted by atomic mass is 16.2. The van der Waals surface area contributed by atoms with Gasteiger partial charge in [-0.05, 0) is 88.5 Å². The first-order valence-corrected chi connectivity index (χ1v) is 10.9. The Morgan fingerprint density at radius 3 is 2.56 bits per heavy atom. The summed E-state index contributed by atoms with van der Waals surface area (Å²) in [5.74, 6) is 2.41. The number of hydrogen-bond donors (Lipinski definition) is 2. The summed E-state index contributed by atoms with van der Waals surface area (Å²) >= 11 is 0. The Kier molecular flexibility index (Phi) is 4.29. The van der Waals surface area contributed by atoms with Crippen LogP contribution in [0.15, 0.2) is 12.2 Å². The maximum absolute atomic E-state index is 13.0. The van der Waals surface area contributed by atoms with Gasteiger partial charge in [-0.1, -0.05) is 19.9 Å². The molecule has 0 aromatic rings. The first-order valence-electron chi connectivity index (χ1n) is 10.9. The van der Waals surface area contributed by atoms with Crippen molar-refractivity contribution in [2.45, 2.75) is 84.7 Å². The van der Waals surface area contributed by atoms with Crippen LogP contribution in [0.5, 0.6) is 0 Å². The molecular formula is C23H36N2O2. The zero-order valence-electron chi connectivity index (χ0n) is 17.6. The number of nitrogens with one attached hydrogen (secondary N) is 2. The highest BCUT2D eigenvalue weighted by Crippen LogP contribution is 2.65. The van der Waals surface area contributed by atoms with Crippen LogP contribution in [0, 0.1) is 34.5 Å². The predicted octanol–water partition coefficient (Wildman–Crippen LogP) is 3.81. The smallest absolute Gasteiger partial charge is 0.243 e. The van der Waals surface area contributed by atoms with Gasteiger partial charge >= 0.3 is 0 Å². The summed E-state index contributed by atoms with van der Waals surface area (Å²) in [5, 5.41) is 6.48. The standard InChI is InChI=1S/C23H36N2O2/c1-21(2,3)25-20(27)17-8-7-15-14-6-9-18-23(5,13-11-19(26)24-18)16(14)10-12-22(15,17)4/h11,13-18H,6-10,12H2,1-5H3,(H,24,26)(H,25,27)/t14-,15-,16-,17-,18-,22+,23-/m1/s1. The van der Waals surface area contributed by atoms with E-state index >= 15 is 0 Å². The van der Waals surface area contributed by atoms with Crippen LogP contribution < -0.4 is 10.6 Å². The molecule has 0 spiro atoms. The molecule has 1 heterocycles. The maximum Gasteiger partial charge on any atom is 0.243 e. The van der Waals surface area contributed by atoms with E-state index in [0.29, 0.717) is 17.8 Å². The average Bonchev–Trinajstić information content (AvgIpc) is 2.91. The number of amides is 2. The van der Waals surface area contributed by atoms with E-state index < -0.39 is 0 Å². The molecule has 27 heavy (non-hydrogen) atoms. The minimum absolute atomic E-state index is 0.0661. The molecule has 0 aromatic heterocycles. The van der Waals surface area contributed by atoms with E-state index in [1.165, 1.54) is 19.3 Å². The third kappa shape index (κ3) is 2.94. The molecule has 0 aromatic carbocycles. The van der Waals surface area contributed by atoms with Crippen molar-refractivity contribution in [3.63, 3.8) is 0 Å². The van der Waals surface area contributed by atoms with Gasteiger partial charge in [0.2, 0.25) is 11.8 Å². The van der Waals surface area contributed by atoms with Gasteiger partial charge in [0, 0.05) is 22.9 Å². The zero-order chi connectivity index (χ0) is 19.6. The SMILES string of the molecule is CC(C)(C)NC(=O)[C@H]1CC[C@@H]2[C@H]3CC[C@H]4NC(=O)C=C[C@]4(C)[C@@H]3CC[C@]12C. The van der Waals surface area contributed by atoms with Gasteiger partial charge in [0.25, 0.3) is 0 Å². The fourth-order valence-corrected chi connectivity index (χ4v) is 7.22. The van der Waals surface area contributed by atoms with Crippen molar-refractivity contribution >= 4 is 11.8 Å². The Balaban J connectivity index is 1.58. The van der Waals surface area contributed by atoms with Gasteiger partial charge in [-0.3, -0.25) is 9.59 Å². The lowest BCUT2D eigenvalue weighted by Crippen LogP contribution is -2.59. The number of rotatable bonds is 1. The predicted molar refractivity (Wildman–Crippen MR) is 107 cm³/mol. The average molecular weight is 373 g/mol. The van der Waals surface area contributed by atoms with Crippen LogP contribution in [-0.2, 0) is 9.59 Å². The first kappa shape index (κ1) is 19.0. The number of hydrogen-bond acceptors (Lipinski definition) is 2. The summed E-state index contributed by atoms with van der Waals surface area (Å²) in [6, 6.07) is 0.280. The third-order valence-corrected chi connectivity index (χ3v) is 8.50. The molecule has 150 valence electrons. The van der Waals surface area contributed by atoms with E-state index in [4.69, 9.17) is 0 Å². The molecule has 0 unspecified atom stereocenters. The van der Waals surface area contributed by atoms with E-state index in [2.05, 4.69) is 51.3 Å². The summed E-state index contributed by atoms with van der Waals surface area (Å²) in [6.45, 7) is 11.0. The number of carbonyl (C=O) groups excluding carboxylic acids is 2. The van der Waals surface area contributed by atoms with Crippen molar-refractivity contribution in [1.82, 2.24) is 10.6 Å². The molecule has 0 radical (unpaired) electrons. The molecule has 4 rings (SSSR count). The molecule has 3 fully saturated rings. The monoisotopic (exact) mass is 372 g/mol. The molecule has 3 aliphatic carbocycles. The topological polar surface area (TPSA) is 58.2 Å². The van der Waals surface area contributed by atoms with Crippen LogP contribution in [0.3, 0.4) is 0 Å². The van der Waals surface area contributed by atoms with Crippen molar-refractivity contribution in [1.29, 1.82) is 0 Å². The summed E-state index contributed by atoms with van der Waals surface area (Å²) in [4.78, 5) is 24.9. The molecule has 2 amide bonds. The second kappa shape index (κ2) is 6.09. The van der Waals surface area contributed by atoms with Crippen molar-refractivity contribution in [3.05, 3.63) is 12.2 Å². The second-order valence-electron chi connectivity index (χ2n) is 11.1. The molecule has 0 saturated heterocycles. The van der Waals surface area contributed by atoms with Crippen molar-refractivity contribution in [2.24, 2.45) is 34.5 Å². The van der Waals surface area contributed by atoms with Gasteiger partial charge in [-0.15, -0.1) is 0 Å². The van der Waals surface area contributed by atoms with Crippen LogP contribution >= 0.6 is 0 Å². The summed E-state index contributed by atoms with van der Waals surface area (Å²) in [5.41, 5.74) is 0.0323. The minimum atomic E-state index is -0.167. The van der Waals surface area contributed by atoms with E-state index in [1.54, 1.807) is 6.08 Å². The lowest BCUT2D eigenvalue weighted by Gasteiger charge is -2.58. The quantitative estimate of drug-likeness (QED) is 0.735. The Hall–Kier alpha value is -1.32. The Labute approximate surface area is 163 Å². The molecule has 2 N–H and O–H groups in total. The van der Waals surface area contributed by atoms with E-state index in [9.17, 15) is 9.59 Å². The van der Waals surface area contributed by atoms with E-state index in [-0.39, 0.29) is 40.1 Å². The van der Waals surface area contributed by atoms with Gasteiger partial charge in [0.1, 0.15) is 0 Å². The fraction of sp³-hybridized carbons (Fsp3) is 0.826. The third-order valence-electron chi connectivity index (χ3n) is 8.50. The van der Waals surface area contributed by atoms with E-state index in [1.807, 2.05) is 0 Å². The number of carbonyl (C=O) groups is 2. The number of fused-ring (bicyclic) bond motifs is 5. The highest BCUT2D eigenvalue weighted by molar-refractivity contribution is 5.89. The van der Waals surface area contributed by atoms with Gasteiger partial charge < -0.3 is 10.6 Å². The van der Waals surface area contributed by atoms with Crippen molar-refractivity contribution < 1.29 is 9.59 Å². The second-order valence-corrected chi connectivity index (χ2v) is 11.1. The minimum Gasteiger partial charge on any atom is -0.351 e. The van der Waals surface area contributed by atoms with Crippen molar-refractivity contribution in [3.8, 4) is 0 Å². The molecule has 4 nitrogen and oxygen atoms in total. The molecule has 4 aliphatic rings. The molecule has 1 aliphatic heterocycles. The van der Waals surface area contributed by atoms with Gasteiger partial charge in [0.15, 0.2) is 0 Å². The Morgan fingerprint density at radius 1 is 1.11 bits per heavy atom. The highest BCUT2D eigenvalue weighted by Gasteiger charge is 2.60. The van der Waals surface area contributed by atoms with Gasteiger partial charge in [-0.2, -0.15) is 0 Å². The van der Waals surface area contributed by atoms with Crippen LogP contribution in [0.25, 0.3) is 0 Å². The van der Waals surface area contributed by atoms with Crippen LogP contribution in [-0.4, -0.2) is 23.4 Å². The summed E-state index contributed by atoms with van der Waals surface area (Å²) in [6.07, 6.45) is 10.7. The summed E-state index contributed by atoms with van der Waals surface area (Å²) in [7, 11) is 0. The molecule has 3 saturated carbocycles. The normalized spacial score (nSPS) is 46.1. The van der Waals surface area contributed by atoms with E-state index in [0.717, 1.165) is 19.3 Å². The van der Waals surface area contributed by atoms with Gasteiger partial charge in [0.05, 0.1) is 0 Å².